The molecule has 2 heteroatoms. The number of Topliss-reactive ketones (excluding diaryl/α,β-unsaturated/α-hetero) is 1. The van der Waals surface area contributed by atoms with Crippen LogP contribution in [0.1, 0.15) is 35.3 Å². The van der Waals surface area contributed by atoms with Crippen molar-refractivity contribution < 1.29 is 4.79 Å². The normalized spacial score (nSPS) is 11.5. The summed E-state index contributed by atoms with van der Waals surface area (Å²) in [6, 6.07) is 5.77. The molecule has 0 N–H and O–H groups in total. The Morgan fingerprint density at radius 2 is 1.86 bits per heavy atom. The molecule has 1 aromatic rings. The van der Waals surface area contributed by atoms with Gasteiger partial charge in [-0.05, 0) is 33.3 Å². The predicted molar refractivity (Wildman–Crippen MR) is 60.2 cm³/mol. The number of hydrogen-bond donors (Lipinski definition) is 0. The number of hydrogen-bond acceptors (Lipinski definition) is 1. The summed E-state index contributed by atoms with van der Waals surface area (Å²) in [7, 11) is 0. The Morgan fingerprint density at radius 1 is 1.29 bits per heavy atom. The highest BCUT2D eigenvalue weighted by Crippen LogP contribution is 2.22. The van der Waals surface area contributed by atoms with Gasteiger partial charge in [0.2, 0.25) is 0 Å². The average Bonchev–Trinajstić information content (AvgIpc) is 2.01. The molecule has 0 aliphatic rings. The number of rotatable bonds is 2. The summed E-state index contributed by atoms with van der Waals surface area (Å²) >= 11 is 5.98. The molecular weight excluding hydrogens is 196 g/mol. The number of benzene rings is 1. The SMILES string of the molecule is Cc1ccc(C(=O)C(C)(C)Cl)c(C)c1. The second-order valence-electron chi connectivity index (χ2n) is 4.12. The summed E-state index contributed by atoms with van der Waals surface area (Å²) in [4.78, 5) is 11.0. The van der Waals surface area contributed by atoms with Crippen LogP contribution in [0.2, 0.25) is 0 Å². The molecule has 0 bridgehead atoms. The molecule has 1 rings (SSSR count). The van der Waals surface area contributed by atoms with Crippen molar-refractivity contribution in [3.63, 3.8) is 0 Å². The molecule has 1 aromatic carbocycles. The monoisotopic (exact) mass is 210 g/mol. The quantitative estimate of drug-likeness (QED) is 0.540. The topological polar surface area (TPSA) is 17.1 Å². The number of halogens is 1. The second-order valence-corrected chi connectivity index (χ2v) is 5.06. The summed E-state index contributed by atoms with van der Waals surface area (Å²) in [5.74, 6) is -0.0170. The molecule has 0 aromatic heterocycles. The molecule has 0 fully saturated rings. The van der Waals surface area contributed by atoms with Gasteiger partial charge in [-0.15, -0.1) is 11.6 Å². The zero-order valence-corrected chi connectivity index (χ0v) is 9.77. The van der Waals surface area contributed by atoms with Gasteiger partial charge in [-0.2, -0.15) is 0 Å². The molecule has 0 atom stereocenters. The van der Waals surface area contributed by atoms with E-state index in [0.717, 1.165) is 16.7 Å². The fourth-order valence-corrected chi connectivity index (χ4v) is 1.49. The molecule has 0 unspecified atom stereocenters. The Bertz CT molecular complexity index is 361. The smallest absolute Gasteiger partial charge is 0.183 e. The Hall–Kier alpha value is -0.820. The Kier molecular flexibility index (Phi) is 3.01. The van der Waals surface area contributed by atoms with Gasteiger partial charge in [0.1, 0.15) is 4.87 Å². The lowest BCUT2D eigenvalue weighted by atomic mass is 9.95. The van der Waals surface area contributed by atoms with E-state index in [9.17, 15) is 4.79 Å². The first-order chi connectivity index (χ1) is 6.32. The zero-order chi connectivity index (χ0) is 10.9. The maximum atomic E-state index is 11.9. The van der Waals surface area contributed by atoms with Gasteiger partial charge in [0.05, 0.1) is 0 Å². The van der Waals surface area contributed by atoms with Crippen molar-refractivity contribution in [2.45, 2.75) is 32.6 Å². The second kappa shape index (κ2) is 3.74. The summed E-state index contributed by atoms with van der Waals surface area (Å²) in [6.45, 7) is 7.38. The standard InChI is InChI=1S/C12H15ClO/c1-8-5-6-10(9(2)7-8)11(14)12(3,4)13/h5-7H,1-4H3. The first kappa shape index (κ1) is 11.3. The Labute approximate surface area is 90.1 Å². The molecule has 0 aliphatic carbocycles. The average molecular weight is 211 g/mol. The molecule has 1 nitrogen and oxygen atoms in total. The lowest BCUT2D eigenvalue weighted by molar-refractivity contribution is 0.0954. The van der Waals surface area contributed by atoms with Crippen LogP contribution < -0.4 is 0 Å². The molecule has 0 spiro atoms. The summed E-state index contributed by atoms with van der Waals surface area (Å²) in [5.41, 5.74) is 2.87. The third-order valence-corrected chi connectivity index (χ3v) is 2.34. The van der Waals surface area contributed by atoms with Gasteiger partial charge in [-0.3, -0.25) is 4.79 Å². The molecular formula is C12H15ClO. The fourth-order valence-electron chi connectivity index (χ4n) is 1.39. The van der Waals surface area contributed by atoms with E-state index in [-0.39, 0.29) is 5.78 Å². The summed E-state index contributed by atoms with van der Waals surface area (Å²) < 4.78 is 0. The van der Waals surface area contributed by atoms with Crippen molar-refractivity contribution in [2.24, 2.45) is 0 Å². The van der Waals surface area contributed by atoms with Gasteiger partial charge in [0, 0.05) is 5.56 Å². The van der Waals surface area contributed by atoms with Crippen molar-refractivity contribution in [1.82, 2.24) is 0 Å². The molecule has 76 valence electrons. The van der Waals surface area contributed by atoms with E-state index in [1.54, 1.807) is 13.8 Å². The van der Waals surface area contributed by atoms with Gasteiger partial charge in [0.25, 0.3) is 0 Å². The van der Waals surface area contributed by atoms with Gasteiger partial charge in [-0.1, -0.05) is 23.8 Å². The van der Waals surface area contributed by atoms with Crippen molar-refractivity contribution in [3.05, 3.63) is 34.9 Å². The van der Waals surface area contributed by atoms with Gasteiger partial charge in [-0.25, -0.2) is 0 Å². The number of ketones is 1. The lowest BCUT2D eigenvalue weighted by Gasteiger charge is -2.15. The summed E-state index contributed by atoms with van der Waals surface area (Å²) in [6.07, 6.45) is 0. The first-order valence-electron chi connectivity index (χ1n) is 4.63. The van der Waals surface area contributed by atoms with Crippen LogP contribution in [0.5, 0.6) is 0 Å². The lowest BCUT2D eigenvalue weighted by Crippen LogP contribution is -2.25. The van der Waals surface area contributed by atoms with Crippen LogP contribution in [0.4, 0.5) is 0 Å². The highest BCUT2D eigenvalue weighted by atomic mass is 35.5. The number of carbonyl (C=O) groups is 1. The van der Waals surface area contributed by atoms with E-state index in [1.165, 1.54) is 0 Å². The Balaban J connectivity index is 3.15. The van der Waals surface area contributed by atoms with Crippen LogP contribution >= 0.6 is 11.6 Å². The first-order valence-corrected chi connectivity index (χ1v) is 5.01. The number of carbonyl (C=O) groups excluding carboxylic acids is 1. The van der Waals surface area contributed by atoms with Gasteiger partial charge < -0.3 is 0 Å². The van der Waals surface area contributed by atoms with Gasteiger partial charge in [0.15, 0.2) is 5.78 Å². The van der Waals surface area contributed by atoms with E-state index < -0.39 is 4.87 Å². The highest BCUT2D eigenvalue weighted by molar-refractivity contribution is 6.37. The third kappa shape index (κ3) is 2.36. The molecule has 0 saturated carbocycles. The van der Waals surface area contributed by atoms with E-state index in [1.807, 2.05) is 32.0 Å². The summed E-state index contributed by atoms with van der Waals surface area (Å²) in [5, 5.41) is 0. The number of aryl methyl sites for hydroxylation is 2. The zero-order valence-electron chi connectivity index (χ0n) is 9.02. The van der Waals surface area contributed by atoms with E-state index >= 15 is 0 Å². The molecule has 0 amide bonds. The highest BCUT2D eigenvalue weighted by Gasteiger charge is 2.26. The minimum atomic E-state index is -0.819. The van der Waals surface area contributed by atoms with Crippen molar-refractivity contribution in [1.29, 1.82) is 0 Å². The maximum absolute atomic E-state index is 11.9. The minimum Gasteiger partial charge on any atom is -0.292 e. The van der Waals surface area contributed by atoms with Crippen molar-refractivity contribution in [3.8, 4) is 0 Å². The Morgan fingerprint density at radius 3 is 2.29 bits per heavy atom. The maximum Gasteiger partial charge on any atom is 0.183 e. The van der Waals surface area contributed by atoms with E-state index in [0.29, 0.717) is 0 Å². The van der Waals surface area contributed by atoms with Crippen LogP contribution in [-0.4, -0.2) is 10.7 Å². The molecule has 0 heterocycles. The van der Waals surface area contributed by atoms with E-state index in [4.69, 9.17) is 11.6 Å². The van der Waals surface area contributed by atoms with Crippen LogP contribution in [0.25, 0.3) is 0 Å². The van der Waals surface area contributed by atoms with Crippen LogP contribution in [0, 0.1) is 13.8 Å². The molecule has 0 radical (unpaired) electrons. The van der Waals surface area contributed by atoms with Crippen molar-refractivity contribution >= 4 is 17.4 Å². The molecule has 0 aliphatic heterocycles. The van der Waals surface area contributed by atoms with Crippen molar-refractivity contribution in [2.75, 3.05) is 0 Å². The largest absolute Gasteiger partial charge is 0.292 e. The van der Waals surface area contributed by atoms with E-state index in [2.05, 4.69) is 0 Å². The third-order valence-electron chi connectivity index (χ3n) is 2.17. The minimum absolute atomic E-state index is 0.0170. The number of alkyl halides is 1. The fraction of sp³-hybridized carbons (Fsp3) is 0.417. The molecule has 0 saturated heterocycles. The molecule has 14 heavy (non-hydrogen) atoms. The van der Waals surface area contributed by atoms with Crippen LogP contribution in [0.3, 0.4) is 0 Å². The predicted octanol–water partition coefficient (Wildman–Crippen LogP) is 3.50. The van der Waals surface area contributed by atoms with Crippen LogP contribution in [0.15, 0.2) is 18.2 Å². The van der Waals surface area contributed by atoms with Gasteiger partial charge >= 0.3 is 0 Å². The van der Waals surface area contributed by atoms with Crippen LogP contribution in [-0.2, 0) is 0 Å².